The minimum Gasteiger partial charge on any atom is -0.497 e. The molecule has 0 atom stereocenters. The molecule has 1 amide bonds. The number of carbonyl (C=O) groups is 1. The van der Waals surface area contributed by atoms with Crippen molar-refractivity contribution >= 4 is 32.2 Å². The Morgan fingerprint density at radius 2 is 1.83 bits per heavy atom. The maximum Gasteiger partial charge on any atom is 0.257 e. The lowest BCUT2D eigenvalue weighted by molar-refractivity contribution is 0.102. The number of hydrogen-bond acceptors (Lipinski definition) is 7. The number of benzene rings is 2. The van der Waals surface area contributed by atoms with Gasteiger partial charge >= 0.3 is 0 Å². The molecule has 0 fully saturated rings. The highest BCUT2D eigenvalue weighted by molar-refractivity contribution is 7.91. The van der Waals surface area contributed by atoms with Crippen molar-refractivity contribution in [3.8, 4) is 22.8 Å². The third-order valence-electron chi connectivity index (χ3n) is 4.26. The zero-order chi connectivity index (χ0) is 21.0. The van der Waals surface area contributed by atoms with Gasteiger partial charge in [-0.15, -0.1) is 11.3 Å². The van der Waals surface area contributed by atoms with Gasteiger partial charge in [0, 0.05) is 16.5 Å². The van der Waals surface area contributed by atoms with Crippen molar-refractivity contribution < 1.29 is 22.7 Å². The Balaban J connectivity index is 1.79. The number of nitrogens with zero attached hydrogens (tertiary/aromatic N) is 1. The molecule has 7 nitrogen and oxygen atoms in total. The predicted molar refractivity (Wildman–Crippen MR) is 113 cm³/mol. The minimum atomic E-state index is -3.30. The van der Waals surface area contributed by atoms with Crippen molar-refractivity contribution in [1.82, 2.24) is 4.98 Å². The van der Waals surface area contributed by atoms with Crippen LogP contribution >= 0.6 is 11.3 Å². The summed E-state index contributed by atoms with van der Waals surface area (Å²) in [5, 5.41) is 4.96. The lowest BCUT2D eigenvalue weighted by atomic mass is 10.1. The highest BCUT2D eigenvalue weighted by atomic mass is 32.2. The van der Waals surface area contributed by atoms with Crippen LogP contribution in [0.15, 0.2) is 52.7 Å². The van der Waals surface area contributed by atoms with Gasteiger partial charge in [-0.1, -0.05) is 6.92 Å². The summed E-state index contributed by atoms with van der Waals surface area (Å²) in [6.45, 7) is 1.58. The van der Waals surface area contributed by atoms with E-state index in [0.717, 1.165) is 5.56 Å². The van der Waals surface area contributed by atoms with Crippen LogP contribution in [0, 0.1) is 0 Å². The minimum absolute atomic E-state index is 0.00810. The van der Waals surface area contributed by atoms with Crippen molar-refractivity contribution in [3.63, 3.8) is 0 Å². The fourth-order valence-electron chi connectivity index (χ4n) is 2.62. The van der Waals surface area contributed by atoms with E-state index in [-0.39, 0.29) is 16.6 Å². The number of nitrogens with one attached hydrogen (secondary N) is 1. The second kappa shape index (κ2) is 8.62. The SMILES string of the molecule is CCS(=O)(=O)c1ccc(C(=O)Nc2nc(-c3cc(OC)ccc3OC)cs2)cc1. The Morgan fingerprint density at radius 3 is 2.45 bits per heavy atom. The number of amides is 1. The van der Waals surface area contributed by atoms with Crippen LogP contribution in [0.25, 0.3) is 11.3 Å². The van der Waals surface area contributed by atoms with Gasteiger partial charge in [-0.25, -0.2) is 13.4 Å². The summed E-state index contributed by atoms with van der Waals surface area (Å²) in [6.07, 6.45) is 0. The zero-order valence-electron chi connectivity index (χ0n) is 16.1. The maximum atomic E-state index is 12.5. The Bertz CT molecular complexity index is 1120. The van der Waals surface area contributed by atoms with E-state index < -0.39 is 9.84 Å². The molecule has 1 heterocycles. The van der Waals surface area contributed by atoms with Crippen LogP contribution in [0.3, 0.4) is 0 Å². The first-order valence-electron chi connectivity index (χ1n) is 8.70. The molecule has 29 heavy (non-hydrogen) atoms. The number of carbonyl (C=O) groups excluding carboxylic acids is 1. The van der Waals surface area contributed by atoms with Crippen LogP contribution in [0.5, 0.6) is 11.5 Å². The van der Waals surface area contributed by atoms with E-state index in [1.54, 1.807) is 33.3 Å². The van der Waals surface area contributed by atoms with E-state index >= 15 is 0 Å². The summed E-state index contributed by atoms with van der Waals surface area (Å²) in [5.41, 5.74) is 1.74. The molecule has 1 aromatic heterocycles. The van der Waals surface area contributed by atoms with E-state index in [0.29, 0.717) is 27.9 Å². The highest BCUT2D eigenvalue weighted by Gasteiger charge is 2.15. The molecule has 1 N–H and O–H groups in total. The van der Waals surface area contributed by atoms with Crippen molar-refractivity contribution in [2.24, 2.45) is 0 Å². The van der Waals surface area contributed by atoms with Crippen molar-refractivity contribution in [1.29, 1.82) is 0 Å². The molecule has 0 unspecified atom stereocenters. The monoisotopic (exact) mass is 432 g/mol. The lowest BCUT2D eigenvalue weighted by Crippen LogP contribution is -2.12. The average Bonchev–Trinajstić information content (AvgIpc) is 3.21. The Labute approximate surface area is 173 Å². The maximum absolute atomic E-state index is 12.5. The third kappa shape index (κ3) is 4.57. The van der Waals surface area contributed by atoms with Crippen molar-refractivity contribution in [3.05, 3.63) is 53.4 Å². The zero-order valence-corrected chi connectivity index (χ0v) is 17.8. The summed E-state index contributed by atoms with van der Waals surface area (Å²) in [4.78, 5) is 17.1. The molecule has 3 aromatic rings. The van der Waals surface area contributed by atoms with Gasteiger partial charge in [0.05, 0.1) is 30.6 Å². The Hall–Kier alpha value is -2.91. The van der Waals surface area contributed by atoms with Gasteiger partial charge in [-0.2, -0.15) is 0 Å². The molecule has 0 aliphatic rings. The van der Waals surface area contributed by atoms with Gasteiger partial charge in [0.2, 0.25) is 0 Å². The van der Waals surface area contributed by atoms with Crippen LogP contribution in [0.4, 0.5) is 5.13 Å². The number of hydrogen-bond donors (Lipinski definition) is 1. The molecular formula is C20H20N2O5S2. The molecule has 0 aliphatic carbocycles. The Morgan fingerprint density at radius 1 is 1.10 bits per heavy atom. The summed E-state index contributed by atoms with van der Waals surface area (Å²) in [7, 11) is -0.152. The standard InChI is InChI=1S/C20H20N2O5S2/c1-4-29(24,25)15-8-5-13(6-9-15)19(23)22-20-21-17(12-28-20)16-11-14(26-2)7-10-18(16)27-3/h5-12H,4H2,1-3H3,(H,21,22,23). The van der Waals surface area contributed by atoms with Crippen molar-refractivity contribution in [2.45, 2.75) is 11.8 Å². The predicted octanol–water partition coefficient (Wildman–Crippen LogP) is 3.87. The fourth-order valence-corrected chi connectivity index (χ4v) is 4.21. The molecule has 0 spiro atoms. The summed E-state index contributed by atoms with van der Waals surface area (Å²) in [6, 6.07) is 11.2. The summed E-state index contributed by atoms with van der Waals surface area (Å²) in [5.74, 6) is 0.945. The molecule has 9 heteroatoms. The topological polar surface area (TPSA) is 94.6 Å². The van der Waals surface area contributed by atoms with Gasteiger partial charge in [0.15, 0.2) is 15.0 Å². The highest BCUT2D eigenvalue weighted by Crippen LogP contribution is 2.35. The summed E-state index contributed by atoms with van der Waals surface area (Å²) < 4.78 is 34.4. The van der Waals surface area contributed by atoms with E-state index in [4.69, 9.17) is 9.47 Å². The molecule has 0 bridgehead atoms. The lowest BCUT2D eigenvalue weighted by Gasteiger charge is -2.08. The number of sulfone groups is 1. The average molecular weight is 433 g/mol. The molecule has 0 radical (unpaired) electrons. The van der Waals surface area contributed by atoms with Gasteiger partial charge in [-0.05, 0) is 42.5 Å². The second-order valence-electron chi connectivity index (χ2n) is 5.99. The first-order valence-corrected chi connectivity index (χ1v) is 11.2. The number of rotatable bonds is 7. The van der Waals surface area contributed by atoms with Crippen LogP contribution in [0.2, 0.25) is 0 Å². The van der Waals surface area contributed by atoms with Crippen molar-refractivity contribution in [2.75, 3.05) is 25.3 Å². The first kappa shape index (κ1) is 20.8. The molecule has 3 rings (SSSR count). The van der Waals surface area contributed by atoms with Crippen LogP contribution in [-0.2, 0) is 9.84 Å². The smallest absolute Gasteiger partial charge is 0.257 e. The molecule has 0 saturated heterocycles. The number of thiazole rings is 1. The van der Waals surface area contributed by atoms with Crippen LogP contribution in [0.1, 0.15) is 17.3 Å². The normalized spacial score (nSPS) is 11.1. The first-order chi connectivity index (χ1) is 13.9. The number of methoxy groups -OCH3 is 2. The quantitative estimate of drug-likeness (QED) is 0.609. The van der Waals surface area contributed by atoms with Crippen LogP contribution < -0.4 is 14.8 Å². The Kier molecular flexibility index (Phi) is 6.19. The fraction of sp³-hybridized carbons (Fsp3) is 0.200. The van der Waals surface area contributed by atoms with Crippen LogP contribution in [-0.4, -0.2) is 39.3 Å². The largest absolute Gasteiger partial charge is 0.497 e. The molecule has 152 valence electrons. The van der Waals surface area contributed by atoms with Gasteiger partial charge < -0.3 is 9.47 Å². The molecule has 0 aliphatic heterocycles. The molecular weight excluding hydrogens is 412 g/mol. The van der Waals surface area contributed by atoms with E-state index in [2.05, 4.69) is 10.3 Å². The van der Waals surface area contributed by atoms with E-state index in [1.807, 2.05) is 11.4 Å². The third-order valence-corrected chi connectivity index (χ3v) is 6.77. The van der Waals surface area contributed by atoms with Gasteiger partial charge in [0.1, 0.15) is 11.5 Å². The van der Waals surface area contributed by atoms with E-state index in [9.17, 15) is 13.2 Å². The van der Waals surface area contributed by atoms with Gasteiger partial charge in [0.25, 0.3) is 5.91 Å². The number of aromatic nitrogens is 1. The molecule has 2 aromatic carbocycles. The van der Waals surface area contributed by atoms with E-state index in [1.165, 1.54) is 35.6 Å². The second-order valence-corrected chi connectivity index (χ2v) is 9.12. The van der Waals surface area contributed by atoms with Gasteiger partial charge in [-0.3, -0.25) is 10.1 Å². The summed E-state index contributed by atoms with van der Waals surface area (Å²) >= 11 is 1.28. The number of anilines is 1. The number of ether oxygens (including phenoxy) is 2. The molecule has 0 saturated carbocycles.